The van der Waals surface area contributed by atoms with Crippen molar-refractivity contribution in [1.82, 2.24) is 4.98 Å². The Labute approximate surface area is 119 Å². The van der Waals surface area contributed by atoms with Crippen LogP contribution in [0.15, 0.2) is 41.1 Å². The van der Waals surface area contributed by atoms with Gasteiger partial charge >= 0.3 is 5.97 Å². The number of benzene rings is 1. The average Bonchev–Trinajstić information content (AvgIpc) is 2.37. The number of hydrogen-bond donors (Lipinski definition) is 2. The normalized spacial score (nSPS) is 10.2. The Morgan fingerprint density at radius 3 is 2.84 bits per heavy atom. The van der Waals surface area contributed by atoms with Gasteiger partial charge in [-0.15, -0.1) is 0 Å². The molecule has 98 valence electrons. The molecule has 0 radical (unpaired) electrons. The van der Waals surface area contributed by atoms with E-state index in [-0.39, 0.29) is 5.56 Å². The molecular weight excluding hydrogens is 308 g/mol. The predicted molar refractivity (Wildman–Crippen MR) is 77.4 cm³/mol. The van der Waals surface area contributed by atoms with E-state index in [1.54, 1.807) is 30.6 Å². The van der Waals surface area contributed by atoms with Crippen LogP contribution in [0.5, 0.6) is 0 Å². The number of carboxylic acids is 1. The third-order valence-electron chi connectivity index (χ3n) is 2.73. The van der Waals surface area contributed by atoms with Crippen LogP contribution >= 0.6 is 15.9 Å². The van der Waals surface area contributed by atoms with E-state index >= 15 is 0 Å². The molecule has 1 heterocycles. The molecule has 19 heavy (non-hydrogen) atoms. The molecular formula is C14H13BrN2O2. The van der Waals surface area contributed by atoms with Crippen molar-refractivity contribution < 1.29 is 9.90 Å². The number of aromatic nitrogens is 1. The third-order valence-corrected chi connectivity index (χ3v) is 3.16. The van der Waals surface area contributed by atoms with Gasteiger partial charge in [-0.3, -0.25) is 4.98 Å². The lowest BCUT2D eigenvalue weighted by molar-refractivity contribution is 0.0697. The molecule has 2 aromatic rings. The monoisotopic (exact) mass is 320 g/mol. The Balaban J connectivity index is 2.15. The van der Waals surface area contributed by atoms with Gasteiger partial charge in [0.25, 0.3) is 0 Å². The van der Waals surface area contributed by atoms with Crippen LogP contribution < -0.4 is 5.32 Å². The van der Waals surface area contributed by atoms with Gasteiger partial charge in [-0.25, -0.2) is 4.79 Å². The maximum atomic E-state index is 10.9. The number of nitrogens with one attached hydrogen (secondary N) is 1. The molecule has 0 amide bonds. The van der Waals surface area contributed by atoms with Crippen LogP contribution in [0.1, 0.15) is 21.5 Å². The summed E-state index contributed by atoms with van der Waals surface area (Å²) in [6.07, 6.45) is 3.49. The lowest BCUT2D eigenvalue weighted by Gasteiger charge is -2.10. The van der Waals surface area contributed by atoms with E-state index in [0.29, 0.717) is 6.54 Å². The summed E-state index contributed by atoms with van der Waals surface area (Å²) < 4.78 is 0.919. The topological polar surface area (TPSA) is 62.2 Å². The number of carboxylic acid groups (broad SMARTS) is 1. The van der Waals surface area contributed by atoms with Crippen molar-refractivity contribution in [3.05, 3.63) is 57.8 Å². The van der Waals surface area contributed by atoms with Crippen LogP contribution in [0, 0.1) is 6.92 Å². The summed E-state index contributed by atoms with van der Waals surface area (Å²) in [6.45, 7) is 2.53. The zero-order valence-corrected chi connectivity index (χ0v) is 11.9. The average molecular weight is 321 g/mol. The summed E-state index contributed by atoms with van der Waals surface area (Å²) in [5, 5.41) is 12.2. The molecule has 0 saturated heterocycles. The Kier molecular flexibility index (Phi) is 4.16. The van der Waals surface area contributed by atoms with Crippen molar-refractivity contribution in [3.8, 4) is 0 Å². The number of pyridine rings is 1. The van der Waals surface area contributed by atoms with Crippen molar-refractivity contribution in [2.45, 2.75) is 13.5 Å². The zero-order valence-electron chi connectivity index (χ0n) is 10.4. The fourth-order valence-electron chi connectivity index (χ4n) is 1.70. The van der Waals surface area contributed by atoms with Gasteiger partial charge in [0.05, 0.1) is 5.56 Å². The van der Waals surface area contributed by atoms with Crippen LogP contribution in [0.25, 0.3) is 0 Å². The largest absolute Gasteiger partial charge is 0.478 e. The maximum absolute atomic E-state index is 10.9. The van der Waals surface area contributed by atoms with Crippen LogP contribution in [-0.2, 0) is 6.54 Å². The molecule has 4 nitrogen and oxygen atoms in total. The smallest absolute Gasteiger partial charge is 0.335 e. The summed E-state index contributed by atoms with van der Waals surface area (Å²) in [7, 11) is 0. The first kappa shape index (κ1) is 13.5. The Morgan fingerprint density at radius 1 is 1.37 bits per heavy atom. The number of rotatable bonds is 4. The third kappa shape index (κ3) is 3.54. The summed E-state index contributed by atoms with van der Waals surface area (Å²) in [6, 6.07) is 7.01. The minimum atomic E-state index is -0.924. The summed E-state index contributed by atoms with van der Waals surface area (Å²) in [5.41, 5.74) is 3.13. The highest BCUT2D eigenvalue weighted by Gasteiger charge is 2.06. The lowest BCUT2D eigenvalue weighted by Crippen LogP contribution is -2.04. The van der Waals surface area contributed by atoms with Crippen molar-refractivity contribution in [1.29, 1.82) is 0 Å². The first-order valence-corrected chi connectivity index (χ1v) is 6.53. The summed E-state index contributed by atoms with van der Waals surface area (Å²) >= 11 is 3.37. The predicted octanol–water partition coefficient (Wildman–Crippen LogP) is 3.46. The summed E-state index contributed by atoms with van der Waals surface area (Å²) in [5.74, 6) is -0.924. The fourth-order valence-corrected chi connectivity index (χ4v) is 2.11. The first-order valence-electron chi connectivity index (χ1n) is 5.73. The standard InChI is InChI=1S/C14H13BrN2O2/c1-9-2-3-11(14(18)19)5-13(9)17-7-10-4-12(15)8-16-6-10/h2-6,8,17H,7H2,1H3,(H,18,19). The Hall–Kier alpha value is -1.88. The highest BCUT2D eigenvalue weighted by molar-refractivity contribution is 9.10. The van der Waals surface area contributed by atoms with E-state index in [4.69, 9.17) is 5.11 Å². The molecule has 0 fully saturated rings. The number of hydrogen-bond acceptors (Lipinski definition) is 3. The molecule has 0 spiro atoms. The zero-order chi connectivity index (χ0) is 13.8. The molecule has 1 aromatic carbocycles. The van der Waals surface area contributed by atoms with Crippen molar-refractivity contribution in [3.63, 3.8) is 0 Å². The number of carbonyl (C=O) groups is 1. The van der Waals surface area contributed by atoms with E-state index in [1.807, 2.05) is 13.0 Å². The van der Waals surface area contributed by atoms with Gasteiger partial charge in [0.2, 0.25) is 0 Å². The van der Waals surface area contributed by atoms with Crippen LogP contribution in [0.3, 0.4) is 0 Å². The molecule has 0 saturated carbocycles. The van der Waals surface area contributed by atoms with Gasteiger partial charge < -0.3 is 10.4 Å². The molecule has 2 N–H and O–H groups in total. The van der Waals surface area contributed by atoms with Crippen LogP contribution in [-0.4, -0.2) is 16.1 Å². The second kappa shape index (κ2) is 5.84. The second-order valence-electron chi connectivity index (χ2n) is 4.20. The molecule has 0 aliphatic heterocycles. The Bertz CT molecular complexity index is 614. The molecule has 0 bridgehead atoms. The van der Waals surface area contributed by atoms with Crippen molar-refractivity contribution >= 4 is 27.6 Å². The number of nitrogens with zero attached hydrogens (tertiary/aromatic N) is 1. The molecule has 0 aliphatic rings. The van der Waals surface area contributed by atoms with Crippen LogP contribution in [0.2, 0.25) is 0 Å². The quantitative estimate of drug-likeness (QED) is 0.905. The van der Waals surface area contributed by atoms with Gasteiger partial charge in [-0.2, -0.15) is 0 Å². The molecule has 5 heteroatoms. The number of halogens is 1. The van der Waals surface area contributed by atoms with E-state index in [0.717, 1.165) is 21.3 Å². The maximum Gasteiger partial charge on any atom is 0.335 e. The second-order valence-corrected chi connectivity index (χ2v) is 5.12. The molecule has 0 atom stereocenters. The SMILES string of the molecule is Cc1ccc(C(=O)O)cc1NCc1cncc(Br)c1. The molecule has 2 rings (SSSR count). The summed E-state index contributed by atoms with van der Waals surface area (Å²) in [4.78, 5) is 15.0. The Morgan fingerprint density at radius 2 is 2.16 bits per heavy atom. The fraction of sp³-hybridized carbons (Fsp3) is 0.143. The van der Waals surface area contributed by atoms with Crippen molar-refractivity contribution in [2.24, 2.45) is 0 Å². The van der Waals surface area contributed by atoms with E-state index < -0.39 is 5.97 Å². The minimum absolute atomic E-state index is 0.278. The number of aryl methyl sites for hydroxylation is 1. The van der Waals surface area contributed by atoms with Crippen LogP contribution in [0.4, 0.5) is 5.69 Å². The number of anilines is 1. The lowest BCUT2D eigenvalue weighted by atomic mass is 10.1. The first-order chi connectivity index (χ1) is 9.06. The highest BCUT2D eigenvalue weighted by Crippen LogP contribution is 2.18. The van der Waals surface area contributed by atoms with E-state index in [2.05, 4.69) is 26.2 Å². The van der Waals surface area contributed by atoms with Gasteiger partial charge in [0.15, 0.2) is 0 Å². The van der Waals surface area contributed by atoms with E-state index in [1.165, 1.54) is 0 Å². The van der Waals surface area contributed by atoms with Crippen molar-refractivity contribution in [2.75, 3.05) is 5.32 Å². The minimum Gasteiger partial charge on any atom is -0.478 e. The highest BCUT2D eigenvalue weighted by atomic mass is 79.9. The van der Waals surface area contributed by atoms with Gasteiger partial charge in [-0.05, 0) is 52.2 Å². The molecule has 0 unspecified atom stereocenters. The van der Waals surface area contributed by atoms with E-state index in [9.17, 15) is 4.79 Å². The van der Waals surface area contributed by atoms with Gasteiger partial charge in [-0.1, -0.05) is 6.07 Å². The van der Waals surface area contributed by atoms with Gasteiger partial charge in [0.1, 0.15) is 0 Å². The number of aromatic carboxylic acids is 1. The van der Waals surface area contributed by atoms with Gasteiger partial charge in [0, 0.05) is 29.1 Å². The molecule has 0 aliphatic carbocycles. The molecule has 1 aromatic heterocycles.